The molecule has 0 aromatic heterocycles. The van der Waals surface area contributed by atoms with Crippen molar-refractivity contribution in [1.29, 1.82) is 0 Å². The molecule has 2 rings (SSSR count). The number of methoxy groups -OCH3 is 1. The summed E-state index contributed by atoms with van der Waals surface area (Å²) in [6.45, 7) is 2.85. The Hall–Kier alpha value is -1.72. The zero-order valence-electron chi connectivity index (χ0n) is 12.0. The number of amides is 1. The van der Waals surface area contributed by atoms with E-state index in [-0.39, 0.29) is 12.5 Å². The largest absolute Gasteiger partial charge is 0.385 e. The number of hydrogen-bond acceptors (Lipinski definition) is 4. The summed E-state index contributed by atoms with van der Waals surface area (Å²) in [6.07, 6.45) is 2.14. The van der Waals surface area contributed by atoms with E-state index in [1.165, 1.54) is 4.90 Å². The third kappa shape index (κ3) is 4.15. The molecule has 110 valence electrons. The second-order valence-electron chi connectivity index (χ2n) is 4.47. The maximum Gasteiger partial charge on any atom is 0.244 e. The highest BCUT2D eigenvalue weighted by Crippen LogP contribution is 2.25. The van der Waals surface area contributed by atoms with E-state index in [1.807, 2.05) is 31.2 Å². The van der Waals surface area contributed by atoms with E-state index in [2.05, 4.69) is 4.74 Å². The molecule has 5 heteroatoms. The standard InChI is InChI=1S/C12H14N2O2.C3H8O/c13-10-6-5-9-3-1-2-4-11(9)14(7-8-15)12(10)16;1-3-4-2/h1-4,8,10H,5-7,13H2;3H2,1-2H3. The van der Waals surface area contributed by atoms with Crippen LogP contribution in [0.3, 0.4) is 0 Å². The zero-order chi connectivity index (χ0) is 15.0. The lowest BCUT2D eigenvalue weighted by Gasteiger charge is -2.22. The molecular weight excluding hydrogens is 256 g/mol. The van der Waals surface area contributed by atoms with Gasteiger partial charge in [-0.3, -0.25) is 4.79 Å². The molecular formula is C15H22N2O3. The lowest BCUT2D eigenvalue weighted by molar-refractivity contribution is -0.121. The minimum atomic E-state index is -0.507. The predicted molar refractivity (Wildman–Crippen MR) is 78.7 cm³/mol. The SMILES string of the molecule is CCOC.NC1CCc2ccccc2N(CC=O)C1=O. The van der Waals surface area contributed by atoms with Crippen LogP contribution < -0.4 is 10.6 Å². The summed E-state index contributed by atoms with van der Waals surface area (Å²) < 4.78 is 4.54. The number of fused-ring (bicyclic) bond motifs is 1. The highest BCUT2D eigenvalue weighted by atomic mass is 16.5. The summed E-state index contributed by atoms with van der Waals surface area (Å²) in [5, 5.41) is 0. The van der Waals surface area contributed by atoms with Gasteiger partial charge in [-0.05, 0) is 31.4 Å². The number of benzene rings is 1. The van der Waals surface area contributed by atoms with Crippen LogP contribution in [0.25, 0.3) is 0 Å². The van der Waals surface area contributed by atoms with Gasteiger partial charge >= 0.3 is 0 Å². The van der Waals surface area contributed by atoms with Crippen molar-refractivity contribution in [3.05, 3.63) is 29.8 Å². The number of para-hydroxylation sites is 1. The van der Waals surface area contributed by atoms with Gasteiger partial charge in [0, 0.05) is 19.4 Å². The summed E-state index contributed by atoms with van der Waals surface area (Å²) in [5.74, 6) is -0.169. The van der Waals surface area contributed by atoms with Crippen LogP contribution in [-0.2, 0) is 20.7 Å². The summed E-state index contributed by atoms with van der Waals surface area (Å²) in [5.41, 5.74) is 7.66. The molecule has 0 saturated carbocycles. The zero-order valence-corrected chi connectivity index (χ0v) is 12.0. The number of rotatable bonds is 3. The number of anilines is 1. The number of ether oxygens (including phenoxy) is 1. The minimum absolute atomic E-state index is 0.0730. The Kier molecular flexibility index (Phi) is 6.90. The molecule has 0 bridgehead atoms. The first kappa shape index (κ1) is 16.3. The predicted octanol–water partition coefficient (Wildman–Crippen LogP) is 1.14. The van der Waals surface area contributed by atoms with E-state index >= 15 is 0 Å². The molecule has 1 aliphatic heterocycles. The molecule has 2 N–H and O–H groups in total. The summed E-state index contributed by atoms with van der Waals surface area (Å²) >= 11 is 0. The summed E-state index contributed by atoms with van der Waals surface area (Å²) in [4.78, 5) is 24.0. The number of carbonyl (C=O) groups is 2. The van der Waals surface area contributed by atoms with E-state index in [1.54, 1.807) is 7.11 Å². The number of nitrogens with zero attached hydrogens (tertiary/aromatic N) is 1. The van der Waals surface area contributed by atoms with Crippen molar-refractivity contribution in [1.82, 2.24) is 0 Å². The van der Waals surface area contributed by atoms with Gasteiger partial charge in [-0.2, -0.15) is 0 Å². The summed E-state index contributed by atoms with van der Waals surface area (Å²) in [6, 6.07) is 7.11. The van der Waals surface area contributed by atoms with Crippen molar-refractivity contribution in [3.8, 4) is 0 Å². The minimum Gasteiger partial charge on any atom is -0.385 e. The molecule has 1 aromatic carbocycles. The Morgan fingerprint density at radius 1 is 1.45 bits per heavy atom. The molecule has 1 aromatic rings. The Morgan fingerprint density at radius 2 is 2.10 bits per heavy atom. The second-order valence-corrected chi connectivity index (χ2v) is 4.47. The number of nitrogens with two attached hydrogens (primary N) is 1. The normalized spacial score (nSPS) is 17.6. The molecule has 1 heterocycles. The maximum atomic E-state index is 11.9. The second kappa shape index (κ2) is 8.45. The number of carbonyl (C=O) groups excluding carboxylic acids is 2. The fourth-order valence-electron chi connectivity index (χ4n) is 2.00. The van der Waals surface area contributed by atoms with E-state index in [0.717, 1.165) is 30.6 Å². The Balaban J connectivity index is 0.000000444. The molecule has 5 nitrogen and oxygen atoms in total. The smallest absolute Gasteiger partial charge is 0.244 e. The van der Waals surface area contributed by atoms with Gasteiger partial charge in [0.25, 0.3) is 0 Å². The molecule has 1 atom stereocenters. The first-order valence-electron chi connectivity index (χ1n) is 6.73. The topological polar surface area (TPSA) is 72.6 Å². The van der Waals surface area contributed by atoms with Crippen molar-refractivity contribution in [2.75, 3.05) is 25.2 Å². The molecule has 0 saturated heterocycles. The quantitative estimate of drug-likeness (QED) is 0.842. The number of aldehydes is 1. The van der Waals surface area contributed by atoms with Crippen LogP contribution in [0.5, 0.6) is 0 Å². The molecule has 0 fully saturated rings. The molecule has 1 unspecified atom stereocenters. The van der Waals surface area contributed by atoms with E-state index in [0.29, 0.717) is 6.42 Å². The van der Waals surface area contributed by atoms with Crippen molar-refractivity contribution >= 4 is 17.9 Å². The van der Waals surface area contributed by atoms with Gasteiger partial charge in [-0.1, -0.05) is 18.2 Å². The lowest BCUT2D eigenvalue weighted by atomic mass is 10.1. The molecule has 1 aliphatic rings. The van der Waals surface area contributed by atoms with Gasteiger partial charge in [-0.15, -0.1) is 0 Å². The monoisotopic (exact) mass is 278 g/mol. The van der Waals surface area contributed by atoms with Crippen LogP contribution >= 0.6 is 0 Å². The van der Waals surface area contributed by atoms with E-state index in [9.17, 15) is 9.59 Å². The van der Waals surface area contributed by atoms with Crippen LogP contribution in [0, 0.1) is 0 Å². The van der Waals surface area contributed by atoms with Gasteiger partial charge < -0.3 is 20.2 Å². The van der Waals surface area contributed by atoms with Gasteiger partial charge in [-0.25, -0.2) is 0 Å². The molecule has 0 spiro atoms. The van der Waals surface area contributed by atoms with Crippen LogP contribution in [-0.4, -0.2) is 38.5 Å². The highest BCUT2D eigenvalue weighted by molar-refractivity contribution is 6.00. The van der Waals surface area contributed by atoms with Gasteiger partial charge in [0.15, 0.2) is 0 Å². The lowest BCUT2D eigenvalue weighted by Crippen LogP contribution is -2.43. The van der Waals surface area contributed by atoms with E-state index < -0.39 is 6.04 Å². The van der Waals surface area contributed by atoms with Gasteiger partial charge in [0.1, 0.15) is 6.29 Å². The van der Waals surface area contributed by atoms with Crippen molar-refractivity contribution in [2.45, 2.75) is 25.8 Å². The third-order valence-electron chi connectivity index (χ3n) is 3.14. The van der Waals surface area contributed by atoms with Crippen molar-refractivity contribution < 1.29 is 14.3 Å². The molecule has 20 heavy (non-hydrogen) atoms. The first-order chi connectivity index (χ1) is 9.65. The van der Waals surface area contributed by atoms with E-state index in [4.69, 9.17) is 5.73 Å². The average molecular weight is 278 g/mol. The number of hydrogen-bond donors (Lipinski definition) is 1. The average Bonchev–Trinajstić information content (AvgIpc) is 2.60. The Bertz CT molecular complexity index is 446. The van der Waals surface area contributed by atoms with Crippen LogP contribution in [0.1, 0.15) is 18.9 Å². The van der Waals surface area contributed by atoms with Crippen molar-refractivity contribution in [3.63, 3.8) is 0 Å². The Labute approximate surface area is 119 Å². The number of aryl methyl sites for hydroxylation is 1. The molecule has 1 amide bonds. The highest BCUT2D eigenvalue weighted by Gasteiger charge is 2.27. The fraction of sp³-hybridized carbons (Fsp3) is 0.467. The van der Waals surface area contributed by atoms with Crippen LogP contribution in [0.4, 0.5) is 5.69 Å². The van der Waals surface area contributed by atoms with Gasteiger partial charge in [0.05, 0.1) is 12.6 Å². The van der Waals surface area contributed by atoms with Gasteiger partial charge in [0.2, 0.25) is 5.91 Å². The van der Waals surface area contributed by atoms with Crippen LogP contribution in [0.2, 0.25) is 0 Å². The first-order valence-corrected chi connectivity index (χ1v) is 6.73. The molecule has 0 aliphatic carbocycles. The maximum absolute atomic E-state index is 11.9. The van der Waals surface area contributed by atoms with Crippen molar-refractivity contribution in [2.24, 2.45) is 5.73 Å². The summed E-state index contributed by atoms with van der Waals surface area (Å²) in [7, 11) is 1.68. The third-order valence-corrected chi connectivity index (χ3v) is 3.14. The molecule has 0 radical (unpaired) electrons. The Morgan fingerprint density at radius 3 is 2.70 bits per heavy atom. The van der Waals surface area contributed by atoms with Crippen LogP contribution in [0.15, 0.2) is 24.3 Å². The fourth-order valence-corrected chi connectivity index (χ4v) is 2.00.